The number of imidazole rings is 1. The van der Waals surface area contributed by atoms with Crippen molar-refractivity contribution in [3.05, 3.63) is 17.7 Å². The predicted molar refractivity (Wildman–Crippen MR) is 57.1 cm³/mol. The van der Waals surface area contributed by atoms with E-state index in [2.05, 4.69) is 29.6 Å². The van der Waals surface area contributed by atoms with E-state index in [9.17, 15) is 0 Å². The zero-order valence-electron chi connectivity index (χ0n) is 9.03. The van der Waals surface area contributed by atoms with Gasteiger partial charge >= 0.3 is 0 Å². The molecule has 2 heterocycles. The summed E-state index contributed by atoms with van der Waals surface area (Å²) in [4.78, 5) is 4.63. The molecule has 0 aliphatic carbocycles. The fourth-order valence-corrected chi connectivity index (χ4v) is 2.05. The van der Waals surface area contributed by atoms with Crippen molar-refractivity contribution < 1.29 is 0 Å². The molecular formula is C11H19N3. The summed E-state index contributed by atoms with van der Waals surface area (Å²) in [6.07, 6.45) is 5.38. The Balaban J connectivity index is 2.15. The second-order valence-electron chi connectivity index (χ2n) is 4.70. The molecule has 1 unspecified atom stereocenters. The largest absolute Gasteiger partial charge is 0.333 e. The van der Waals surface area contributed by atoms with Gasteiger partial charge in [0.15, 0.2) is 0 Å². The molecule has 0 bridgehead atoms. The molecule has 0 saturated heterocycles. The van der Waals surface area contributed by atoms with Crippen LogP contribution in [0.5, 0.6) is 0 Å². The highest BCUT2D eigenvalue weighted by atomic mass is 15.1. The second kappa shape index (κ2) is 3.73. The van der Waals surface area contributed by atoms with Gasteiger partial charge in [-0.05, 0) is 18.8 Å². The Kier molecular flexibility index (Phi) is 2.59. The Morgan fingerprint density at radius 1 is 1.64 bits per heavy atom. The maximum atomic E-state index is 5.91. The Labute approximate surface area is 85.3 Å². The molecule has 2 rings (SSSR count). The van der Waals surface area contributed by atoms with Crippen LogP contribution in [0, 0.1) is 5.92 Å². The van der Waals surface area contributed by atoms with Gasteiger partial charge in [-0.25, -0.2) is 4.98 Å². The molecule has 1 atom stereocenters. The Morgan fingerprint density at radius 3 is 3.14 bits per heavy atom. The Morgan fingerprint density at radius 2 is 2.43 bits per heavy atom. The van der Waals surface area contributed by atoms with Crippen LogP contribution in [-0.4, -0.2) is 15.6 Å². The highest BCUT2D eigenvalue weighted by Crippen LogP contribution is 2.15. The highest BCUT2D eigenvalue weighted by Gasteiger charge is 2.17. The van der Waals surface area contributed by atoms with Gasteiger partial charge in [0.2, 0.25) is 0 Å². The summed E-state index contributed by atoms with van der Waals surface area (Å²) in [5, 5.41) is 0. The summed E-state index contributed by atoms with van der Waals surface area (Å²) in [5.41, 5.74) is 7.14. The summed E-state index contributed by atoms with van der Waals surface area (Å²) < 4.78 is 2.23. The van der Waals surface area contributed by atoms with E-state index in [1.807, 2.05) is 0 Å². The van der Waals surface area contributed by atoms with Crippen LogP contribution >= 0.6 is 0 Å². The van der Waals surface area contributed by atoms with E-state index in [0.29, 0.717) is 12.0 Å². The number of aromatic nitrogens is 2. The van der Waals surface area contributed by atoms with Crippen LogP contribution in [0.15, 0.2) is 6.20 Å². The number of fused-ring (bicyclic) bond motifs is 1. The number of nitrogens with zero attached hydrogens (tertiary/aromatic N) is 2. The molecule has 0 spiro atoms. The second-order valence-corrected chi connectivity index (χ2v) is 4.70. The molecule has 2 N–H and O–H groups in total. The first-order valence-corrected chi connectivity index (χ1v) is 5.45. The van der Waals surface area contributed by atoms with Crippen molar-refractivity contribution in [3.63, 3.8) is 0 Å². The number of rotatable bonds is 2. The zero-order valence-corrected chi connectivity index (χ0v) is 9.03. The van der Waals surface area contributed by atoms with Crippen molar-refractivity contribution in [2.45, 2.75) is 45.7 Å². The van der Waals surface area contributed by atoms with Crippen LogP contribution in [-0.2, 0) is 19.4 Å². The molecule has 0 saturated carbocycles. The van der Waals surface area contributed by atoms with Crippen molar-refractivity contribution in [1.29, 1.82) is 0 Å². The standard InChI is InChI=1S/C11H19N3/c1-8(2)5-10-7-14-6-9(12)3-4-11(14)13-10/h7-9H,3-6,12H2,1-2H3. The van der Waals surface area contributed by atoms with E-state index < -0.39 is 0 Å². The maximum Gasteiger partial charge on any atom is 0.109 e. The molecular weight excluding hydrogens is 174 g/mol. The molecule has 78 valence electrons. The number of hydrogen-bond donors (Lipinski definition) is 1. The average Bonchev–Trinajstić information content (AvgIpc) is 2.44. The normalized spacial score (nSPS) is 21.3. The third-order valence-electron chi connectivity index (χ3n) is 2.70. The van der Waals surface area contributed by atoms with Gasteiger partial charge < -0.3 is 10.3 Å². The van der Waals surface area contributed by atoms with Gasteiger partial charge in [0.1, 0.15) is 5.82 Å². The molecule has 0 amide bonds. The van der Waals surface area contributed by atoms with Gasteiger partial charge in [0, 0.05) is 25.2 Å². The molecule has 3 heteroatoms. The van der Waals surface area contributed by atoms with Crippen LogP contribution < -0.4 is 5.73 Å². The van der Waals surface area contributed by atoms with Crippen LogP contribution in [0.2, 0.25) is 0 Å². The number of nitrogens with two attached hydrogens (primary N) is 1. The molecule has 1 aromatic heterocycles. The third-order valence-corrected chi connectivity index (χ3v) is 2.70. The van der Waals surface area contributed by atoms with Gasteiger partial charge in [0.25, 0.3) is 0 Å². The van der Waals surface area contributed by atoms with E-state index in [0.717, 1.165) is 25.8 Å². The SMILES string of the molecule is CC(C)Cc1cn2c(n1)CCC(N)C2. The lowest BCUT2D eigenvalue weighted by atomic mass is 10.1. The Bertz CT molecular complexity index is 314. The fraction of sp³-hybridized carbons (Fsp3) is 0.727. The first kappa shape index (κ1) is 9.71. The first-order chi connectivity index (χ1) is 6.65. The lowest BCUT2D eigenvalue weighted by Gasteiger charge is -2.19. The van der Waals surface area contributed by atoms with Crippen molar-refractivity contribution in [2.24, 2.45) is 11.7 Å². The quantitative estimate of drug-likeness (QED) is 0.770. The van der Waals surface area contributed by atoms with Crippen molar-refractivity contribution >= 4 is 0 Å². The van der Waals surface area contributed by atoms with Gasteiger partial charge in [-0.3, -0.25) is 0 Å². The van der Waals surface area contributed by atoms with Crippen molar-refractivity contribution in [2.75, 3.05) is 0 Å². The Hall–Kier alpha value is -0.830. The molecule has 1 aliphatic rings. The maximum absolute atomic E-state index is 5.91. The molecule has 14 heavy (non-hydrogen) atoms. The topological polar surface area (TPSA) is 43.8 Å². The summed E-state index contributed by atoms with van der Waals surface area (Å²) in [5.74, 6) is 1.91. The van der Waals surface area contributed by atoms with Crippen molar-refractivity contribution in [3.8, 4) is 0 Å². The average molecular weight is 193 g/mol. The lowest BCUT2D eigenvalue weighted by molar-refractivity contribution is 0.453. The minimum atomic E-state index is 0.323. The minimum Gasteiger partial charge on any atom is -0.333 e. The zero-order chi connectivity index (χ0) is 10.1. The number of aryl methyl sites for hydroxylation is 1. The molecule has 0 aromatic carbocycles. The van der Waals surface area contributed by atoms with E-state index in [1.165, 1.54) is 11.5 Å². The van der Waals surface area contributed by atoms with E-state index in [-0.39, 0.29) is 0 Å². The van der Waals surface area contributed by atoms with Gasteiger partial charge in [-0.1, -0.05) is 13.8 Å². The van der Waals surface area contributed by atoms with Gasteiger partial charge in [0.05, 0.1) is 5.69 Å². The van der Waals surface area contributed by atoms with Gasteiger partial charge in [-0.15, -0.1) is 0 Å². The highest BCUT2D eigenvalue weighted by molar-refractivity contribution is 5.07. The predicted octanol–water partition coefficient (Wildman–Crippen LogP) is 1.36. The minimum absolute atomic E-state index is 0.323. The smallest absolute Gasteiger partial charge is 0.109 e. The number of hydrogen-bond acceptors (Lipinski definition) is 2. The summed E-state index contributed by atoms with van der Waals surface area (Å²) in [7, 11) is 0. The van der Waals surface area contributed by atoms with Gasteiger partial charge in [-0.2, -0.15) is 0 Å². The first-order valence-electron chi connectivity index (χ1n) is 5.45. The molecule has 1 aliphatic heterocycles. The van der Waals surface area contributed by atoms with Crippen LogP contribution in [0.3, 0.4) is 0 Å². The summed E-state index contributed by atoms with van der Waals surface area (Å²) in [6, 6.07) is 0.323. The summed E-state index contributed by atoms with van der Waals surface area (Å²) in [6.45, 7) is 5.40. The molecule has 0 fully saturated rings. The molecule has 0 radical (unpaired) electrons. The monoisotopic (exact) mass is 193 g/mol. The van der Waals surface area contributed by atoms with Crippen LogP contribution in [0.25, 0.3) is 0 Å². The summed E-state index contributed by atoms with van der Waals surface area (Å²) >= 11 is 0. The van der Waals surface area contributed by atoms with E-state index in [4.69, 9.17) is 5.73 Å². The van der Waals surface area contributed by atoms with E-state index >= 15 is 0 Å². The fourth-order valence-electron chi connectivity index (χ4n) is 2.05. The molecule has 1 aromatic rings. The third kappa shape index (κ3) is 1.98. The lowest BCUT2D eigenvalue weighted by Crippen LogP contribution is -2.31. The van der Waals surface area contributed by atoms with Crippen LogP contribution in [0.1, 0.15) is 31.8 Å². The van der Waals surface area contributed by atoms with Crippen LogP contribution in [0.4, 0.5) is 0 Å². The molecule has 3 nitrogen and oxygen atoms in total. The van der Waals surface area contributed by atoms with E-state index in [1.54, 1.807) is 0 Å². The van der Waals surface area contributed by atoms with Crippen molar-refractivity contribution in [1.82, 2.24) is 9.55 Å².